The van der Waals surface area contributed by atoms with Gasteiger partial charge in [0, 0.05) is 63.7 Å². The number of hydrogen-bond acceptors (Lipinski definition) is 7. The molecule has 1 fully saturated rings. The van der Waals surface area contributed by atoms with Crippen molar-refractivity contribution in [3.05, 3.63) is 60.3 Å². The summed E-state index contributed by atoms with van der Waals surface area (Å²) in [6.07, 6.45) is 5.36. The molecule has 35 heavy (non-hydrogen) atoms. The van der Waals surface area contributed by atoms with Crippen LogP contribution in [-0.4, -0.2) is 68.5 Å². The Labute approximate surface area is 205 Å². The number of piperazine rings is 1. The third-order valence-corrected chi connectivity index (χ3v) is 5.93. The highest BCUT2D eigenvalue weighted by Gasteiger charge is 2.31. The van der Waals surface area contributed by atoms with Gasteiger partial charge in [0.2, 0.25) is 17.8 Å². The average molecular weight is 478 g/mol. The summed E-state index contributed by atoms with van der Waals surface area (Å²) in [7, 11) is 0. The Bertz CT molecular complexity index is 1150. The first-order valence-electron chi connectivity index (χ1n) is 11.8. The van der Waals surface area contributed by atoms with Crippen molar-refractivity contribution in [2.45, 2.75) is 39.8 Å². The van der Waals surface area contributed by atoms with Crippen LogP contribution in [0.2, 0.25) is 0 Å². The summed E-state index contributed by atoms with van der Waals surface area (Å²) < 4.78 is 7.22. The molecule has 1 saturated heterocycles. The van der Waals surface area contributed by atoms with E-state index in [1.54, 1.807) is 35.1 Å². The molecule has 2 aromatic heterocycles. The van der Waals surface area contributed by atoms with E-state index < -0.39 is 0 Å². The van der Waals surface area contributed by atoms with Crippen molar-refractivity contribution in [3.8, 4) is 11.7 Å². The second-order valence-electron chi connectivity index (χ2n) is 8.51. The molecule has 1 aromatic carbocycles. The molecular formula is C25H31N7O3. The lowest BCUT2D eigenvalue weighted by Gasteiger charge is -2.41. The van der Waals surface area contributed by atoms with Crippen molar-refractivity contribution in [1.29, 1.82) is 0 Å². The maximum Gasteiger partial charge on any atom is 0.237 e. The standard InChI is InChI=1S/C25H31N7O3/c1-4-35-22-7-5-20(6-8-22)15-27-24(34)14-21-16-30(19(3)33)11-12-32(21)23-13-18(2)28-25(29-23)31-10-9-26-17-31/h5-10,13,17,21H,4,11-12,14-16H2,1-3H3,(H,27,34). The number of nitrogens with one attached hydrogen (secondary N) is 1. The molecule has 3 heterocycles. The predicted octanol–water partition coefficient (Wildman–Crippen LogP) is 2.11. The smallest absolute Gasteiger partial charge is 0.237 e. The van der Waals surface area contributed by atoms with E-state index in [2.05, 4.69) is 20.2 Å². The number of anilines is 1. The molecule has 1 N–H and O–H groups in total. The number of hydrogen-bond donors (Lipinski definition) is 1. The summed E-state index contributed by atoms with van der Waals surface area (Å²) in [5.41, 5.74) is 1.80. The highest BCUT2D eigenvalue weighted by Crippen LogP contribution is 2.23. The van der Waals surface area contributed by atoms with Crippen LogP contribution in [0.3, 0.4) is 0 Å². The van der Waals surface area contributed by atoms with Gasteiger partial charge in [-0.25, -0.2) is 9.97 Å². The van der Waals surface area contributed by atoms with Crippen molar-refractivity contribution in [3.63, 3.8) is 0 Å². The van der Waals surface area contributed by atoms with E-state index in [0.29, 0.717) is 38.7 Å². The lowest BCUT2D eigenvalue weighted by Crippen LogP contribution is -2.56. The van der Waals surface area contributed by atoms with E-state index in [-0.39, 0.29) is 24.3 Å². The number of carbonyl (C=O) groups is 2. The van der Waals surface area contributed by atoms with E-state index >= 15 is 0 Å². The fourth-order valence-corrected chi connectivity index (χ4v) is 4.15. The van der Waals surface area contributed by atoms with Crippen LogP contribution in [0.4, 0.5) is 5.82 Å². The van der Waals surface area contributed by atoms with Crippen LogP contribution < -0.4 is 15.0 Å². The molecule has 3 aromatic rings. The second kappa shape index (κ2) is 11.0. The van der Waals surface area contributed by atoms with Crippen molar-refractivity contribution in [2.24, 2.45) is 0 Å². The van der Waals surface area contributed by atoms with Gasteiger partial charge in [-0.3, -0.25) is 14.2 Å². The molecule has 0 saturated carbocycles. The van der Waals surface area contributed by atoms with Crippen LogP contribution in [0.15, 0.2) is 49.1 Å². The van der Waals surface area contributed by atoms with Gasteiger partial charge in [0.15, 0.2) is 0 Å². The summed E-state index contributed by atoms with van der Waals surface area (Å²) in [5, 5.41) is 3.00. The van der Waals surface area contributed by atoms with E-state index in [4.69, 9.17) is 9.72 Å². The Morgan fingerprint density at radius 2 is 1.97 bits per heavy atom. The summed E-state index contributed by atoms with van der Waals surface area (Å²) >= 11 is 0. The molecule has 10 nitrogen and oxygen atoms in total. The highest BCUT2D eigenvalue weighted by atomic mass is 16.5. The monoisotopic (exact) mass is 477 g/mol. The van der Waals surface area contributed by atoms with Crippen molar-refractivity contribution < 1.29 is 14.3 Å². The van der Waals surface area contributed by atoms with Crippen LogP contribution in [-0.2, 0) is 16.1 Å². The maximum absolute atomic E-state index is 12.9. The number of imidazole rings is 1. The number of aromatic nitrogens is 4. The zero-order valence-electron chi connectivity index (χ0n) is 20.3. The molecule has 0 aliphatic carbocycles. The average Bonchev–Trinajstić information content (AvgIpc) is 3.38. The van der Waals surface area contributed by atoms with Crippen LogP contribution in [0.25, 0.3) is 5.95 Å². The number of carbonyl (C=O) groups excluding carboxylic acids is 2. The zero-order chi connectivity index (χ0) is 24.8. The molecule has 2 amide bonds. The van der Waals surface area contributed by atoms with Gasteiger partial charge in [-0.15, -0.1) is 0 Å². The van der Waals surface area contributed by atoms with Crippen LogP contribution in [0, 0.1) is 6.92 Å². The minimum absolute atomic E-state index is 0.00224. The van der Waals surface area contributed by atoms with Gasteiger partial charge in [0.25, 0.3) is 0 Å². The van der Waals surface area contributed by atoms with Gasteiger partial charge in [-0.2, -0.15) is 4.98 Å². The van der Waals surface area contributed by atoms with Gasteiger partial charge < -0.3 is 19.9 Å². The van der Waals surface area contributed by atoms with E-state index in [1.165, 1.54) is 0 Å². The molecule has 0 spiro atoms. The molecule has 0 radical (unpaired) electrons. The Hall–Kier alpha value is -3.95. The molecule has 1 aliphatic rings. The fourth-order valence-electron chi connectivity index (χ4n) is 4.15. The minimum Gasteiger partial charge on any atom is -0.494 e. The van der Waals surface area contributed by atoms with Crippen molar-refractivity contribution >= 4 is 17.6 Å². The molecule has 1 unspecified atom stereocenters. The van der Waals surface area contributed by atoms with Crippen LogP contribution in [0.1, 0.15) is 31.5 Å². The number of benzene rings is 1. The number of nitrogens with zero attached hydrogens (tertiary/aromatic N) is 6. The number of aryl methyl sites for hydroxylation is 1. The topological polar surface area (TPSA) is 105 Å². The highest BCUT2D eigenvalue weighted by molar-refractivity contribution is 5.78. The molecule has 0 bridgehead atoms. The molecular weight excluding hydrogens is 446 g/mol. The summed E-state index contributed by atoms with van der Waals surface area (Å²) in [4.78, 5) is 42.2. The predicted molar refractivity (Wildman–Crippen MR) is 131 cm³/mol. The minimum atomic E-state index is -0.210. The van der Waals surface area contributed by atoms with E-state index in [1.807, 2.05) is 44.2 Å². The number of amides is 2. The van der Waals surface area contributed by atoms with Crippen LogP contribution in [0.5, 0.6) is 5.75 Å². The maximum atomic E-state index is 12.9. The molecule has 1 atom stereocenters. The summed E-state index contributed by atoms with van der Waals surface area (Å²) in [5.74, 6) is 1.97. The summed E-state index contributed by atoms with van der Waals surface area (Å²) in [6.45, 7) is 8.05. The van der Waals surface area contributed by atoms with Crippen LogP contribution >= 0.6 is 0 Å². The second-order valence-corrected chi connectivity index (χ2v) is 8.51. The zero-order valence-corrected chi connectivity index (χ0v) is 20.3. The Morgan fingerprint density at radius 3 is 2.66 bits per heavy atom. The molecule has 10 heteroatoms. The Morgan fingerprint density at radius 1 is 1.17 bits per heavy atom. The SMILES string of the molecule is CCOc1ccc(CNC(=O)CC2CN(C(C)=O)CCN2c2cc(C)nc(-n3ccnc3)n2)cc1. The molecule has 4 rings (SSSR count). The van der Waals surface area contributed by atoms with Gasteiger partial charge in [0.1, 0.15) is 17.9 Å². The van der Waals surface area contributed by atoms with Gasteiger partial charge in [-0.1, -0.05) is 12.1 Å². The Balaban J connectivity index is 1.48. The third-order valence-electron chi connectivity index (χ3n) is 5.93. The first kappa shape index (κ1) is 24.2. The first-order chi connectivity index (χ1) is 16.9. The number of rotatable bonds is 8. The number of ether oxygens (including phenoxy) is 1. The normalized spacial score (nSPS) is 15.7. The van der Waals surface area contributed by atoms with Gasteiger partial charge in [0.05, 0.1) is 12.6 Å². The molecule has 1 aliphatic heterocycles. The fraction of sp³-hybridized carbons (Fsp3) is 0.400. The van der Waals surface area contributed by atoms with Crippen molar-refractivity contribution in [1.82, 2.24) is 29.7 Å². The first-order valence-corrected chi connectivity index (χ1v) is 11.8. The third kappa shape index (κ3) is 6.14. The van der Waals surface area contributed by atoms with E-state index in [0.717, 1.165) is 22.8 Å². The summed E-state index contributed by atoms with van der Waals surface area (Å²) in [6, 6.07) is 9.38. The molecule has 184 valence electrons. The van der Waals surface area contributed by atoms with Gasteiger partial charge >= 0.3 is 0 Å². The quantitative estimate of drug-likeness (QED) is 0.530. The lowest BCUT2D eigenvalue weighted by molar-refractivity contribution is -0.130. The Kier molecular flexibility index (Phi) is 7.59. The lowest BCUT2D eigenvalue weighted by atomic mass is 10.1. The largest absolute Gasteiger partial charge is 0.494 e. The van der Waals surface area contributed by atoms with E-state index in [9.17, 15) is 9.59 Å². The van der Waals surface area contributed by atoms with Gasteiger partial charge in [-0.05, 0) is 31.5 Å². The van der Waals surface area contributed by atoms with Crippen molar-refractivity contribution in [2.75, 3.05) is 31.1 Å².